The normalized spacial score (nSPS) is 15.7. The molecule has 0 aromatic carbocycles. The first-order chi connectivity index (χ1) is 5.54. The fourth-order valence-electron chi connectivity index (χ4n) is 0.610. The maximum atomic E-state index is 5.46. The van der Waals surface area contributed by atoms with Crippen molar-refractivity contribution in [3.05, 3.63) is 0 Å². The Hall–Kier alpha value is 0.850. The van der Waals surface area contributed by atoms with E-state index >= 15 is 0 Å². The molecular weight excluding hydrogens is 229 g/mol. The molecule has 0 aromatic rings. The third-order valence-electron chi connectivity index (χ3n) is 0.859. The monoisotopic (exact) mass is 243 g/mol. The molecule has 0 saturated carbocycles. The van der Waals surface area contributed by atoms with E-state index in [-0.39, 0.29) is 0 Å². The second kappa shape index (κ2) is 6.33. The highest BCUT2D eigenvalue weighted by molar-refractivity contribution is 8.69. The summed E-state index contributed by atoms with van der Waals surface area (Å²) in [6, 6.07) is 0. The van der Waals surface area contributed by atoms with E-state index in [0.29, 0.717) is 11.9 Å². The molecule has 1 N–H and O–H groups in total. The molecule has 0 aromatic heterocycles. The van der Waals surface area contributed by atoms with Gasteiger partial charge in [-0.25, -0.2) is 0 Å². The molecule has 1 atom stereocenters. The summed E-state index contributed by atoms with van der Waals surface area (Å²) in [5, 5.41) is 3.41. The standard InChI is InChI=1S/C6H14NOPS3/c1-4-8-9(11,7-5-10)12-6(2)3/h5-6H,4H2,1-3H3,(H,7,10,11). The SMILES string of the molecule is CCOP(=S)(NC=S)SC(C)C. The summed E-state index contributed by atoms with van der Waals surface area (Å²) >= 11 is 11.7. The second-order valence-corrected chi connectivity index (χ2v) is 9.63. The summed E-state index contributed by atoms with van der Waals surface area (Å²) in [5.41, 5.74) is -0.485. The third-order valence-corrected chi connectivity index (χ3v) is 7.03. The summed E-state index contributed by atoms with van der Waals surface area (Å²) in [6.07, 6.45) is 0. The Morgan fingerprint density at radius 3 is 2.58 bits per heavy atom. The first-order valence-corrected chi connectivity index (χ1v) is 8.36. The molecule has 12 heavy (non-hydrogen) atoms. The van der Waals surface area contributed by atoms with Crippen LogP contribution in [0.5, 0.6) is 0 Å². The lowest BCUT2D eigenvalue weighted by Crippen LogP contribution is -2.07. The maximum absolute atomic E-state index is 5.46. The molecule has 0 spiro atoms. The summed E-state index contributed by atoms with van der Waals surface area (Å²) in [5.74, 6) is 0. The van der Waals surface area contributed by atoms with Crippen LogP contribution in [0.4, 0.5) is 0 Å². The smallest absolute Gasteiger partial charge is 0.210 e. The van der Waals surface area contributed by atoms with Crippen LogP contribution in [0, 0.1) is 0 Å². The Labute approximate surface area is 88.7 Å². The molecule has 0 amide bonds. The van der Waals surface area contributed by atoms with Crippen LogP contribution < -0.4 is 5.09 Å². The van der Waals surface area contributed by atoms with E-state index in [1.807, 2.05) is 6.92 Å². The van der Waals surface area contributed by atoms with E-state index < -0.39 is 5.62 Å². The Morgan fingerprint density at radius 1 is 1.67 bits per heavy atom. The Balaban J connectivity index is 4.17. The van der Waals surface area contributed by atoms with Gasteiger partial charge in [0.05, 0.1) is 12.1 Å². The molecule has 0 rings (SSSR count). The molecule has 0 aliphatic rings. The van der Waals surface area contributed by atoms with Crippen molar-refractivity contribution >= 4 is 46.5 Å². The minimum absolute atomic E-state index is 0.463. The van der Waals surface area contributed by atoms with E-state index in [9.17, 15) is 0 Å². The second-order valence-electron chi connectivity index (χ2n) is 2.32. The van der Waals surface area contributed by atoms with Crippen molar-refractivity contribution in [1.29, 1.82) is 0 Å². The topological polar surface area (TPSA) is 21.3 Å². The molecule has 0 aliphatic carbocycles. The predicted molar refractivity (Wildman–Crippen MR) is 65.4 cm³/mol. The molecule has 0 radical (unpaired) electrons. The van der Waals surface area contributed by atoms with Gasteiger partial charge in [-0.05, 0) is 18.7 Å². The van der Waals surface area contributed by atoms with Crippen molar-refractivity contribution in [3.63, 3.8) is 0 Å². The lowest BCUT2D eigenvalue weighted by Gasteiger charge is -2.21. The van der Waals surface area contributed by atoms with Crippen LogP contribution in [0.15, 0.2) is 0 Å². The van der Waals surface area contributed by atoms with Crippen LogP contribution in [-0.4, -0.2) is 17.3 Å². The molecule has 6 heteroatoms. The number of hydrogen-bond donors (Lipinski definition) is 1. The zero-order valence-corrected chi connectivity index (χ0v) is 10.8. The van der Waals surface area contributed by atoms with Crippen LogP contribution >= 0.6 is 29.2 Å². The maximum Gasteiger partial charge on any atom is 0.210 e. The van der Waals surface area contributed by atoms with Crippen molar-refractivity contribution in [2.24, 2.45) is 0 Å². The van der Waals surface area contributed by atoms with Gasteiger partial charge in [0.2, 0.25) is 5.62 Å². The van der Waals surface area contributed by atoms with Gasteiger partial charge in [0.25, 0.3) is 0 Å². The summed E-state index contributed by atoms with van der Waals surface area (Å²) in [6.45, 7) is 6.76. The van der Waals surface area contributed by atoms with E-state index in [1.54, 1.807) is 11.4 Å². The Kier molecular flexibility index (Phi) is 6.77. The zero-order valence-electron chi connectivity index (χ0n) is 7.44. The van der Waals surface area contributed by atoms with Gasteiger partial charge in [-0.2, -0.15) is 0 Å². The van der Waals surface area contributed by atoms with Crippen LogP contribution in [0.1, 0.15) is 20.8 Å². The van der Waals surface area contributed by atoms with E-state index in [0.717, 1.165) is 0 Å². The molecule has 1 unspecified atom stereocenters. The van der Waals surface area contributed by atoms with Gasteiger partial charge in [0.15, 0.2) is 0 Å². The van der Waals surface area contributed by atoms with Crippen molar-refractivity contribution in [1.82, 2.24) is 5.09 Å². The largest absolute Gasteiger partial charge is 0.327 e. The molecule has 0 bridgehead atoms. The first-order valence-electron chi connectivity index (χ1n) is 3.68. The number of rotatable bonds is 6. The lowest BCUT2D eigenvalue weighted by molar-refractivity contribution is 0.383. The highest BCUT2D eigenvalue weighted by Crippen LogP contribution is 2.57. The molecule has 0 heterocycles. The minimum atomic E-state index is -1.94. The number of thiocarbonyl (C=S) groups is 1. The molecule has 0 saturated heterocycles. The van der Waals surface area contributed by atoms with Gasteiger partial charge in [0, 0.05) is 5.25 Å². The Bertz CT molecular complexity index is 186. The summed E-state index contributed by atoms with van der Waals surface area (Å²) < 4.78 is 5.46. The molecule has 2 nitrogen and oxygen atoms in total. The molecular formula is C6H14NOPS3. The average Bonchev–Trinajstić information content (AvgIpc) is 1.85. The van der Waals surface area contributed by atoms with Gasteiger partial charge in [0.1, 0.15) is 0 Å². The van der Waals surface area contributed by atoms with E-state index in [2.05, 4.69) is 18.9 Å². The van der Waals surface area contributed by atoms with Crippen molar-refractivity contribution in [2.75, 3.05) is 6.61 Å². The quantitative estimate of drug-likeness (QED) is 0.570. The fourth-order valence-corrected chi connectivity index (χ4v) is 7.20. The average molecular weight is 243 g/mol. The summed E-state index contributed by atoms with van der Waals surface area (Å²) in [4.78, 5) is 0. The van der Waals surface area contributed by atoms with Crippen LogP contribution in [0.3, 0.4) is 0 Å². The molecule has 0 fully saturated rings. The molecule has 72 valence electrons. The van der Waals surface area contributed by atoms with Crippen LogP contribution in [0.2, 0.25) is 0 Å². The van der Waals surface area contributed by atoms with Gasteiger partial charge in [-0.15, -0.1) is 0 Å². The lowest BCUT2D eigenvalue weighted by atomic mass is 10.6. The van der Waals surface area contributed by atoms with Gasteiger partial charge in [-0.3, -0.25) is 0 Å². The van der Waals surface area contributed by atoms with Crippen molar-refractivity contribution in [3.8, 4) is 0 Å². The van der Waals surface area contributed by atoms with E-state index in [1.165, 1.54) is 5.49 Å². The predicted octanol–water partition coefficient (Wildman–Crippen LogP) is 2.94. The minimum Gasteiger partial charge on any atom is -0.327 e. The zero-order chi connectivity index (χ0) is 9.61. The van der Waals surface area contributed by atoms with Gasteiger partial charge in [-0.1, -0.05) is 37.4 Å². The first kappa shape index (κ1) is 12.8. The fraction of sp³-hybridized carbons (Fsp3) is 0.833. The van der Waals surface area contributed by atoms with Crippen LogP contribution in [-0.2, 0) is 16.3 Å². The molecule has 0 aliphatic heterocycles. The van der Waals surface area contributed by atoms with Gasteiger partial charge < -0.3 is 9.61 Å². The summed E-state index contributed by atoms with van der Waals surface area (Å²) in [7, 11) is 0. The van der Waals surface area contributed by atoms with Crippen molar-refractivity contribution < 1.29 is 4.52 Å². The highest BCUT2D eigenvalue weighted by Gasteiger charge is 2.17. The number of hydrogen-bond acceptors (Lipinski definition) is 4. The highest BCUT2D eigenvalue weighted by atomic mass is 32.9. The van der Waals surface area contributed by atoms with Crippen LogP contribution in [0.25, 0.3) is 0 Å². The third kappa shape index (κ3) is 5.49. The Morgan fingerprint density at radius 2 is 2.25 bits per heavy atom. The van der Waals surface area contributed by atoms with Gasteiger partial charge >= 0.3 is 0 Å². The van der Waals surface area contributed by atoms with E-state index in [4.69, 9.17) is 28.5 Å². The number of nitrogens with one attached hydrogen (secondary N) is 1. The van der Waals surface area contributed by atoms with Crippen molar-refractivity contribution in [2.45, 2.75) is 26.0 Å².